The normalized spacial score (nSPS) is 15.3. The van der Waals surface area contributed by atoms with Crippen molar-refractivity contribution >= 4 is 11.0 Å². The number of hydrogen-bond donors (Lipinski definition) is 0. The van der Waals surface area contributed by atoms with Crippen molar-refractivity contribution in [1.82, 2.24) is 9.55 Å². The van der Waals surface area contributed by atoms with Crippen molar-refractivity contribution in [3.63, 3.8) is 0 Å². The van der Waals surface area contributed by atoms with E-state index >= 15 is 0 Å². The quantitative estimate of drug-likeness (QED) is 0.391. The average Bonchev–Trinajstić information content (AvgIpc) is 3.10. The van der Waals surface area contributed by atoms with E-state index in [4.69, 9.17) is 0 Å². The molecule has 2 aromatic carbocycles. The summed E-state index contributed by atoms with van der Waals surface area (Å²) in [5, 5.41) is 0. The summed E-state index contributed by atoms with van der Waals surface area (Å²) in [4.78, 5) is 4.57. The first-order chi connectivity index (χ1) is 13.9. The smallest absolute Gasteiger partial charge is 0.0958 e. The zero-order valence-electron chi connectivity index (χ0n) is 20.3. The molecule has 1 atom stereocenters. The van der Waals surface area contributed by atoms with Gasteiger partial charge in [0.05, 0.1) is 17.4 Å². The minimum absolute atomic E-state index is 0.0536. The molecule has 3 aromatic rings. The third-order valence-corrected chi connectivity index (χ3v) is 8.70. The molecule has 0 aliphatic carbocycles. The van der Waals surface area contributed by atoms with E-state index in [1.165, 1.54) is 17.5 Å². The molecule has 30 heavy (non-hydrogen) atoms. The SMILES string of the molecule is CC(C)(C)C(C)(CCCn1cnc2ccccc21)C(C)(C)C(C)(C)c1ccccc1. The number of benzene rings is 2. The number of imidazole rings is 1. The highest BCUT2D eigenvalue weighted by Crippen LogP contribution is 2.61. The Labute approximate surface area is 183 Å². The number of aromatic nitrogens is 2. The fraction of sp³-hybridized carbons (Fsp3) is 0.536. The van der Waals surface area contributed by atoms with Gasteiger partial charge in [-0.05, 0) is 52.2 Å². The van der Waals surface area contributed by atoms with Gasteiger partial charge in [0.15, 0.2) is 0 Å². The van der Waals surface area contributed by atoms with Crippen LogP contribution < -0.4 is 0 Å². The second kappa shape index (κ2) is 7.87. The van der Waals surface area contributed by atoms with Crippen LogP contribution in [0.2, 0.25) is 0 Å². The van der Waals surface area contributed by atoms with Crippen molar-refractivity contribution in [3.8, 4) is 0 Å². The maximum absolute atomic E-state index is 4.57. The van der Waals surface area contributed by atoms with Crippen LogP contribution >= 0.6 is 0 Å². The van der Waals surface area contributed by atoms with E-state index in [2.05, 4.69) is 120 Å². The van der Waals surface area contributed by atoms with Crippen molar-refractivity contribution in [1.29, 1.82) is 0 Å². The van der Waals surface area contributed by atoms with E-state index in [-0.39, 0.29) is 21.7 Å². The first-order valence-corrected chi connectivity index (χ1v) is 11.4. The van der Waals surface area contributed by atoms with Gasteiger partial charge in [0.1, 0.15) is 0 Å². The first kappa shape index (κ1) is 22.6. The highest BCUT2D eigenvalue weighted by Gasteiger charge is 2.55. The van der Waals surface area contributed by atoms with Crippen LogP contribution in [0.5, 0.6) is 0 Å². The molecule has 0 aliphatic heterocycles. The second-order valence-electron chi connectivity index (χ2n) is 11.2. The molecule has 0 bridgehead atoms. The van der Waals surface area contributed by atoms with Gasteiger partial charge < -0.3 is 4.57 Å². The lowest BCUT2D eigenvalue weighted by Gasteiger charge is -2.60. The number of aryl methyl sites for hydroxylation is 1. The summed E-state index contributed by atoms with van der Waals surface area (Å²) in [5.74, 6) is 0. The third-order valence-electron chi connectivity index (χ3n) is 8.70. The maximum atomic E-state index is 4.57. The van der Waals surface area contributed by atoms with Crippen molar-refractivity contribution in [2.75, 3.05) is 0 Å². The first-order valence-electron chi connectivity index (χ1n) is 11.4. The van der Waals surface area contributed by atoms with Crippen LogP contribution in [0, 0.1) is 16.2 Å². The van der Waals surface area contributed by atoms with Gasteiger partial charge in [-0.25, -0.2) is 4.98 Å². The molecule has 1 aromatic heterocycles. The molecule has 0 N–H and O–H groups in total. The number of hydrogen-bond acceptors (Lipinski definition) is 1. The summed E-state index contributed by atoms with van der Waals surface area (Å²) in [6, 6.07) is 19.5. The van der Waals surface area contributed by atoms with Crippen molar-refractivity contribution in [3.05, 3.63) is 66.5 Å². The van der Waals surface area contributed by atoms with E-state index in [0.29, 0.717) is 0 Å². The Morgan fingerprint density at radius 2 is 1.37 bits per heavy atom. The Morgan fingerprint density at radius 1 is 0.767 bits per heavy atom. The standard InChI is InChI=1S/C28H40N2/c1-25(2,3)28(8,27(6,7)26(4,5)22-15-10-9-11-16-22)19-14-20-30-21-29-23-17-12-13-18-24(23)30/h9-13,15-18,21H,14,19-20H2,1-8H3. The van der Waals surface area contributed by atoms with Crippen molar-refractivity contribution < 1.29 is 0 Å². The summed E-state index contributed by atoms with van der Waals surface area (Å²) < 4.78 is 2.31. The van der Waals surface area contributed by atoms with Gasteiger partial charge in [0.25, 0.3) is 0 Å². The summed E-state index contributed by atoms with van der Waals surface area (Å²) in [6.07, 6.45) is 4.31. The van der Waals surface area contributed by atoms with Gasteiger partial charge in [-0.15, -0.1) is 0 Å². The average molecular weight is 405 g/mol. The fourth-order valence-corrected chi connectivity index (χ4v) is 5.32. The molecule has 162 valence electrons. The molecule has 1 unspecified atom stereocenters. The molecule has 2 heteroatoms. The van der Waals surface area contributed by atoms with Gasteiger partial charge in [-0.3, -0.25) is 0 Å². The van der Waals surface area contributed by atoms with E-state index in [1.54, 1.807) is 0 Å². The van der Waals surface area contributed by atoms with E-state index < -0.39 is 0 Å². The van der Waals surface area contributed by atoms with Gasteiger partial charge in [-0.1, -0.05) is 97.9 Å². The van der Waals surface area contributed by atoms with Gasteiger partial charge >= 0.3 is 0 Å². The Morgan fingerprint density at radius 3 is 2.00 bits per heavy atom. The Hall–Kier alpha value is -2.09. The molecule has 3 rings (SSSR count). The van der Waals surface area contributed by atoms with Gasteiger partial charge in [0, 0.05) is 6.54 Å². The van der Waals surface area contributed by atoms with Crippen LogP contribution in [-0.2, 0) is 12.0 Å². The number of nitrogens with zero attached hydrogens (tertiary/aromatic N) is 2. The Balaban J connectivity index is 1.88. The van der Waals surface area contributed by atoms with Crippen LogP contribution in [0.4, 0.5) is 0 Å². The molecule has 0 saturated carbocycles. The molecule has 0 radical (unpaired) electrons. The van der Waals surface area contributed by atoms with Crippen LogP contribution in [0.3, 0.4) is 0 Å². The zero-order chi connectivity index (χ0) is 22.2. The van der Waals surface area contributed by atoms with Gasteiger partial charge in [0.2, 0.25) is 0 Å². The molecule has 2 nitrogen and oxygen atoms in total. The minimum Gasteiger partial charge on any atom is -0.331 e. The lowest BCUT2D eigenvalue weighted by atomic mass is 9.44. The molecular formula is C28H40N2. The van der Waals surface area contributed by atoms with E-state index in [0.717, 1.165) is 18.5 Å². The highest BCUT2D eigenvalue weighted by atomic mass is 15.0. The molecule has 0 fully saturated rings. The Bertz CT molecular complexity index is 973. The summed E-state index contributed by atoms with van der Waals surface area (Å²) in [6.45, 7) is 20.6. The van der Waals surface area contributed by atoms with Crippen LogP contribution in [0.1, 0.15) is 73.8 Å². The Kier molecular flexibility index (Phi) is 5.93. The topological polar surface area (TPSA) is 17.8 Å². The van der Waals surface area contributed by atoms with E-state index in [1.807, 2.05) is 6.33 Å². The largest absolute Gasteiger partial charge is 0.331 e. The predicted octanol–water partition coefficient (Wildman–Crippen LogP) is 7.87. The van der Waals surface area contributed by atoms with Crippen molar-refractivity contribution in [2.45, 2.75) is 80.2 Å². The minimum atomic E-state index is 0.0536. The zero-order valence-corrected chi connectivity index (χ0v) is 20.3. The second-order valence-corrected chi connectivity index (χ2v) is 11.2. The number of fused-ring (bicyclic) bond motifs is 1. The van der Waals surface area contributed by atoms with Crippen LogP contribution in [0.15, 0.2) is 60.9 Å². The summed E-state index contributed by atoms with van der Waals surface area (Å²) >= 11 is 0. The molecule has 0 spiro atoms. The number of para-hydroxylation sites is 2. The number of rotatable bonds is 7. The molecule has 1 heterocycles. The monoisotopic (exact) mass is 404 g/mol. The van der Waals surface area contributed by atoms with Crippen molar-refractivity contribution in [2.24, 2.45) is 16.2 Å². The maximum Gasteiger partial charge on any atom is 0.0958 e. The predicted molar refractivity (Wildman–Crippen MR) is 130 cm³/mol. The molecular weight excluding hydrogens is 364 g/mol. The lowest BCUT2D eigenvalue weighted by Crippen LogP contribution is -2.54. The molecule has 0 aliphatic rings. The summed E-state index contributed by atoms with van der Waals surface area (Å²) in [5.41, 5.74) is 4.22. The fourth-order valence-electron chi connectivity index (χ4n) is 5.32. The highest BCUT2D eigenvalue weighted by molar-refractivity contribution is 5.74. The van der Waals surface area contributed by atoms with Crippen LogP contribution in [-0.4, -0.2) is 9.55 Å². The third kappa shape index (κ3) is 3.70. The molecule has 0 amide bonds. The van der Waals surface area contributed by atoms with E-state index in [9.17, 15) is 0 Å². The van der Waals surface area contributed by atoms with Gasteiger partial charge in [-0.2, -0.15) is 0 Å². The lowest BCUT2D eigenvalue weighted by molar-refractivity contribution is -0.0778. The van der Waals surface area contributed by atoms with Crippen LogP contribution in [0.25, 0.3) is 11.0 Å². The molecule has 0 saturated heterocycles. The summed E-state index contributed by atoms with van der Waals surface area (Å²) in [7, 11) is 0.